The Bertz CT molecular complexity index is 488. The quantitative estimate of drug-likeness (QED) is 0.857. The molecule has 0 saturated carbocycles. The minimum atomic E-state index is -1.53. The molecule has 1 aromatic heterocycles. The molecule has 18 heavy (non-hydrogen) atoms. The van der Waals surface area contributed by atoms with Crippen LogP contribution >= 0.6 is 11.3 Å². The van der Waals surface area contributed by atoms with Crippen LogP contribution in [0.2, 0.25) is 19.6 Å². The molecule has 2 rings (SSSR count). The number of hydrogen-bond acceptors (Lipinski definition) is 3. The fourth-order valence-electron chi connectivity index (χ4n) is 1.74. The van der Waals surface area contributed by atoms with Crippen molar-refractivity contribution in [3.05, 3.63) is 52.2 Å². The predicted octanol–water partition coefficient (Wildman–Crippen LogP) is 4.01. The second kappa shape index (κ2) is 5.26. The molecule has 0 spiro atoms. The first-order valence-electron chi connectivity index (χ1n) is 6.02. The Kier molecular flexibility index (Phi) is 3.90. The summed E-state index contributed by atoms with van der Waals surface area (Å²) in [7, 11) is -1.53. The Labute approximate surface area is 114 Å². The van der Waals surface area contributed by atoms with E-state index < -0.39 is 8.32 Å². The third-order valence-corrected chi connectivity index (χ3v) is 4.12. The van der Waals surface area contributed by atoms with Crippen molar-refractivity contribution in [3.63, 3.8) is 0 Å². The summed E-state index contributed by atoms with van der Waals surface area (Å²) in [6.07, 6.45) is 0. The standard InChI is InChI=1S/C14H19NOSSi/c1-18(2,3)16-13-6-4-11(5-7-13)14(15)12-8-9-17-10-12/h4-10,14H,15H2,1-3H3/t14-/m0/s1. The first-order valence-corrected chi connectivity index (χ1v) is 10.4. The minimum Gasteiger partial charge on any atom is -0.544 e. The van der Waals surface area contributed by atoms with E-state index in [0.717, 1.165) is 11.3 Å². The van der Waals surface area contributed by atoms with E-state index in [0.29, 0.717) is 0 Å². The van der Waals surface area contributed by atoms with Gasteiger partial charge in [-0.15, -0.1) is 0 Å². The smallest absolute Gasteiger partial charge is 0.242 e. The Morgan fingerprint density at radius 1 is 1.06 bits per heavy atom. The van der Waals surface area contributed by atoms with Gasteiger partial charge in [-0.05, 0) is 59.7 Å². The lowest BCUT2D eigenvalue weighted by Gasteiger charge is -2.19. The van der Waals surface area contributed by atoms with E-state index in [1.807, 2.05) is 12.1 Å². The molecule has 0 radical (unpaired) electrons. The summed E-state index contributed by atoms with van der Waals surface area (Å²) in [6.45, 7) is 6.54. The molecule has 0 aliphatic heterocycles. The van der Waals surface area contributed by atoms with Gasteiger partial charge in [0, 0.05) is 0 Å². The maximum absolute atomic E-state index is 6.21. The minimum absolute atomic E-state index is 0.0443. The molecule has 1 atom stereocenters. The van der Waals surface area contributed by atoms with Crippen LogP contribution in [0.15, 0.2) is 41.1 Å². The summed E-state index contributed by atoms with van der Waals surface area (Å²) in [6, 6.07) is 10.2. The molecule has 1 aromatic carbocycles. The number of thiophene rings is 1. The van der Waals surface area contributed by atoms with Crippen LogP contribution in [-0.2, 0) is 0 Å². The van der Waals surface area contributed by atoms with Crippen LogP contribution in [0.4, 0.5) is 0 Å². The van der Waals surface area contributed by atoms with Crippen molar-refractivity contribution in [1.29, 1.82) is 0 Å². The van der Waals surface area contributed by atoms with E-state index in [1.54, 1.807) is 11.3 Å². The van der Waals surface area contributed by atoms with E-state index in [2.05, 4.69) is 48.6 Å². The number of nitrogens with two attached hydrogens (primary N) is 1. The summed E-state index contributed by atoms with van der Waals surface area (Å²) in [5.41, 5.74) is 8.50. The molecule has 0 bridgehead atoms. The van der Waals surface area contributed by atoms with Crippen LogP contribution in [0.3, 0.4) is 0 Å². The third-order valence-electron chi connectivity index (χ3n) is 2.57. The van der Waals surface area contributed by atoms with Crippen molar-refractivity contribution < 1.29 is 4.43 Å². The highest BCUT2D eigenvalue weighted by Crippen LogP contribution is 2.24. The zero-order valence-corrected chi connectivity index (χ0v) is 12.8. The highest BCUT2D eigenvalue weighted by molar-refractivity contribution is 7.08. The van der Waals surface area contributed by atoms with Crippen molar-refractivity contribution in [2.24, 2.45) is 5.73 Å². The van der Waals surface area contributed by atoms with Gasteiger partial charge in [0.25, 0.3) is 0 Å². The van der Waals surface area contributed by atoms with Crippen LogP contribution in [0, 0.1) is 0 Å². The van der Waals surface area contributed by atoms with E-state index in [4.69, 9.17) is 10.2 Å². The number of hydrogen-bond donors (Lipinski definition) is 1. The summed E-state index contributed by atoms with van der Waals surface area (Å²) in [4.78, 5) is 0. The van der Waals surface area contributed by atoms with Crippen LogP contribution in [-0.4, -0.2) is 8.32 Å². The van der Waals surface area contributed by atoms with Gasteiger partial charge < -0.3 is 10.2 Å². The van der Waals surface area contributed by atoms with Gasteiger partial charge in [-0.2, -0.15) is 11.3 Å². The van der Waals surface area contributed by atoms with Gasteiger partial charge in [0.1, 0.15) is 5.75 Å². The van der Waals surface area contributed by atoms with E-state index in [1.165, 1.54) is 5.56 Å². The van der Waals surface area contributed by atoms with Gasteiger partial charge in [0.15, 0.2) is 0 Å². The van der Waals surface area contributed by atoms with Crippen LogP contribution in [0.5, 0.6) is 5.75 Å². The maximum Gasteiger partial charge on any atom is 0.242 e. The van der Waals surface area contributed by atoms with Crippen molar-refractivity contribution >= 4 is 19.7 Å². The largest absolute Gasteiger partial charge is 0.544 e. The Morgan fingerprint density at radius 3 is 2.22 bits per heavy atom. The maximum atomic E-state index is 6.21. The van der Waals surface area contributed by atoms with Crippen molar-refractivity contribution in [3.8, 4) is 5.75 Å². The lowest BCUT2D eigenvalue weighted by molar-refractivity contribution is 0.557. The van der Waals surface area contributed by atoms with Gasteiger partial charge in [0.2, 0.25) is 8.32 Å². The predicted molar refractivity (Wildman–Crippen MR) is 80.8 cm³/mol. The monoisotopic (exact) mass is 277 g/mol. The van der Waals surface area contributed by atoms with E-state index in [-0.39, 0.29) is 6.04 Å². The lowest BCUT2D eigenvalue weighted by Crippen LogP contribution is -2.29. The average Bonchev–Trinajstić information content (AvgIpc) is 2.80. The van der Waals surface area contributed by atoms with Crippen LogP contribution < -0.4 is 10.2 Å². The topological polar surface area (TPSA) is 35.2 Å². The number of rotatable bonds is 4. The second-order valence-corrected chi connectivity index (χ2v) is 10.5. The molecule has 2 nitrogen and oxygen atoms in total. The molecule has 0 unspecified atom stereocenters. The first-order chi connectivity index (χ1) is 8.46. The average molecular weight is 277 g/mol. The zero-order valence-electron chi connectivity index (χ0n) is 11.0. The molecular formula is C14H19NOSSi. The van der Waals surface area contributed by atoms with Gasteiger partial charge in [-0.3, -0.25) is 0 Å². The molecule has 0 amide bonds. The lowest BCUT2D eigenvalue weighted by atomic mass is 10.0. The molecule has 0 aliphatic rings. The summed E-state index contributed by atoms with van der Waals surface area (Å²) < 4.78 is 5.93. The van der Waals surface area contributed by atoms with Crippen molar-refractivity contribution in [2.75, 3.05) is 0 Å². The van der Waals surface area contributed by atoms with Crippen molar-refractivity contribution in [2.45, 2.75) is 25.7 Å². The summed E-state index contributed by atoms with van der Waals surface area (Å²) >= 11 is 1.67. The normalized spacial score (nSPS) is 13.3. The van der Waals surface area contributed by atoms with Gasteiger partial charge in [-0.1, -0.05) is 12.1 Å². The van der Waals surface area contributed by atoms with Crippen LogP contribution in [0.1, 0.15) is 17.2 Å². The second-order valence-electron chi connectivity index (χ2n) is 5.32. The molecule has 4 heteroatoms. The van der Waals surface area contributed by atoms with Gasteiger partial charge in [-0.25, -0.2) is 0 Å². The fourth-order valence-corrected chi connectivity index (χ4v) is 3.28. The summed E-state index contributed by atoms with van der Waals surface area (Å²) in [5, 5.41) is 4.15. The zero-order chi connectivity index (χ0) is 13.2. The molecular weight excluding hydrogens is 258 g/mol. The Morgan fingerprint density at radius 2 is 1.72 bits per heavy atom. The third kappa shape index (κ3) is 3.45. The molecule has 2 N–H and O–H groups in total. The van der Waals surface area contributed by atoms with E-state index >= 15 is 0 Å². The molecule has 0 saturated heterocycles. The SMILES string of the molecule is C[Si](C)(C)Oc1ccc([C@H](N)c2ccsc2)cc1. The Balaban J connectivity index is 2.13. The fraction of sp³-hybridized carbons (Fsp3) is 0.286. The molecule has 96 valence electrons. The Hall–Kier alpha value is -1.10. The summed E-state index contributed by atoms with van der Waals surface area (Å²) in [5.74, 6) is 0.940. The molecule has 0 fully saturated rings. The molecule has 1 heterocycles. The molecule has 2 aromatic rings. The highest BCUT2D eigenvalue weighted by Gasteiger charge is 2.16. The molecule has 0 aliphatic carbocycles. The first kappa shape index (κ1) is 13.3. The van der Waals surface area contributed by atoms with Gasteiger partial charge >= 0.3 is 0 Å². The van der Waals surface area contributed by atoms with Gasteiger partial charge in [0.05, 0.1) is 6.04 Å². The van der Waals surface area contributed by atoms with Crippen LogP contribution in [0.25, 0.3) is 0 Å². The highest BCUT2D eigenvalue weighted by atomic mass is 32.1. The van der Waals surface area contributed by atoms with E-state index in [9.17, 15) is 0 Å². The number of benzene rings is 1. The van der Waals surface area contributed by atoms with Crippen molar-refractivity contribution in [1.82, 2.24) is 0 Å².